The highest BCUT2D eigenvalue weighted by Gasteiger charge is 2.17. The summed E-state index contributed by atoms with van der Waals surface area (Å²) < 4.78 is 9.96. The summed E-state index contributed by atoms with van der Waals surface area (Å²) in [6, 6.07) is 5.24. The molecule has 0 fully saturated rings. The Labute approximate surface area is 134 Å². The number of fused-ring (bicyclic) bond motifs is 1. The molecule has 1 aromatic heterocycles. The minimum atomic E-state index is -0.361. The largest absolute Gasteiger partial charge is 0.497 e. The number of methoxy groups -OCH3 is 2. The molecule has 1 N–H and O–H groups in total. The Bertz CT molecular complexity index is 805. The van der Waals surface area contributed by atoms with Crippen LogP contribution in [0.15, 0.2) is 29.6 Å². The van der Waals surface area contributed by atoms with Crippen LogP contribution in [0.2, 0.25) is 0 Å². The molecule has 0 aliphatic carbocycles. The first-order chi connectivity index (χ1) is 11.0. The van der Waals surface area contributed by atoms with Crippen LogP contribution in [0.1, 0.15) is 31.0 Å². The summed E-state index contributed by atoms with van der Waals surface area (Å²) in [5.74, 6) is 0.229. The molecule has 0 aliphatic heterocycles. The molecule has 2 aromatic rings. The molecule has 5 nitrogen and oxygen atoms in total. The first-order valence-corrected chi connectivity index (χ1v) is 7.49. The fraction of sp³-hybridized carbons (Fsp3) is 0.333. The van der Waals surface area contributed by atoms with Crippen molar-refractivity contribution in [1.82, 2.24) is 4.98 Å². The standard InChI is InChI=1S/C18H21NO4/c1-5-6-11(2)17-14(10-16(20)23-4)13-8-7-12(22-3)9-15(13)18(21)19-17/h7-9H,2,5-6,10H2,1,3-4H3,(H,19,21). The van der Waals surface area contributed by atoms with Crippen LogP contribution in [-0.4, -0.2) is 25.2 Å². The monoisotopic (exact) mass is 315 g/mol. The SMILES string of the molecule is C=C(CCC)c1[nH]c(=O)c2cc(OC)ccc2c1CC(=O)OC. The first kappa shape index (κ1) is 16.8. The summed E-state index contributed by atoms with van der Waals surface area (Å²) in [4.78, 5) is 27.1. The molecule has 5 heteroatoms. The molecule has 0 saturated heterocycles. The average Bonchev–Trinajstić information content (AvgIpc) is 2.56. The second-order valence-corrected chi connectivity index (χ2v) is 5.33. The van der Waals surface area contributed by atoms with Gasteiger partial charge in [0.05, 0.1) is 26.0 Å². The zero-order chi connectivity index (χ0) is 17.0. The van der Waals surface area contributed by atoms with E-state index < -0.39 is 0 Å². The van der Waals surface area contributed by atoms with Crippen molar-refractivity contribution >= 4 is 22.3 Å². The average molecular weight is 315 g/mol. The van der Waals surface area contributed by atoms with Crippen LogP contribution in [0.4, 0.5) is 0 Å². The molecule has 0 amide bonds. The van der Waals surface area contributed by atoms with Gasteiger partial charge in [-0.2, -0.15) is 0 Å². The number of aromatic nitrogens is 1. The highest BCUT2D eigenvalue weighted by atomic mass is 16.5. The Kier molecular flexibility index (Phi) is 5.21. The third-order valence-electron chi connectivity index (χ3n) is 3.79. The number of H-pyrrole nitrogens is 1. The number of carbonyl (C=O) groups excluding carboxylic acids is 1. The van der Waals surface area contributed by atoms with Crippen molar-refractivity contribution < 1.29 is 14.3 Å². The maximum absolute atomic E-state index is 12.4. The van der Waals surface area contributed by atoms with Gasteiger partial charge >= 0.3 is 5.97 Å². The zero-order valence-electron chi connectivity index (χ0n) is 13.7. The Hall–Kier alpha value is -2.56. The summed E-state index contributed by atoms with van der Waals surface area (Å²) in [5, 5.41) is 1.20. The summed E-state index contributed by atoms with van der Waals surface area (Å²) in [7, 11) is 2.89. The van der Waals surface area contributed by atoms with Gasteiger partial charge in [-0.3, -0.25) is 9.59 Å². The summed E-state index contributed by atoms with van der Waals surface area (Å²) >= 11 is 0. The Morgan fingerprint density at radius 3 is 2.61 bits per heavy atom. The number of ether oxygens (including phenoxy) is 2. The van der Waals surface area contributed by atoms with Crippen molar-refractivity contribution in [3.05, 3.63) is 46.4 Å². The molecule has 1 heterocycles. The normalized spacial score (nSPS) is 10.6. The summed E-state index contributed by atoms with van der Waals surface area (Å²) in [5.41, 5.74) is 1.94. The predicted octanol–water partition coefficient (Wildman–Crippen LogP) is 3.07. The molecule has 0 unspecified atom stereocenters. The van der Waals surface area contributed by atoms with Gasteiger partial charge in [0, 0.05) is 5.69 Å². The number of carbonyl (C=O) groups is 1. The van der Waals surface area contributed by atoms with Crippen LogP contribution < -0.4 is 10.3 Å². The quantitative estimate of drug-likeness (QED) is 0.832. The topological polar surface area (TPSA) is 68.4 Å². The van der Waals surface area contributed by atoms with Gasteiger partial charge in [0.15, 0.2) is 0 Å². The maximum atomic E-state index is 12.4. The third-order valence-corrected chi connectivity index (χ3v) is 3.79. The number of allylic oxidation sites excluding steroid dienone is 1. The van der Waals surface area contributed by atoms with Crippen LogP contribution in [0.25, 0.3) is 16.3 Å². The van der Waals surface area contributed by atoms with Crippen LogP contribution >= 0.6 is 0 Å². The fourth-order valence-corrected chi connectivity index (χ4v) is 2.62. The number of rotatable bonds is 6. The van der Waals surface area contributed by atoms with Crippen LogP contribution in [0.5, 0.6) is 5.75 Å². The van der Waals surface area contributed by atoms with Crippen molar-refractivity contribution in [3.63, 3.8) is 0 Å². The summed E-state index contributed by atoms with van der Waals surface area (Å²) in [6.45, 7) is 6.08. The van der Waals surface area contributed by atoms with Crippen molar-refractivity contribution in [2.75, 3.05) is 14.2 Å². The Morgan fingerprint density at radius 2 is 2.00 bits per heavy atom. The van der Waals surface area contributed by atoms with E-state index in [2.05, 4.69) is 11.6 Å². The lowest BCUT2D eigenvalue weighted by molar-refractivity contribution is -0.139. The van der Waals surface area contributed by atoms with E-state index >= 15 is 0 Å². The van der Waals surface area contributed by atoms with E-state index in [1.807, 2.05) is 6.92 Å². The highest BCUT2D eigenvalue weighted by Crippen LogP contribution is 2.28. The smallest absolute Gasteiger partial charge is 0.310 e. The van der Waals surface area contributed by atoms with E-state index in [0.29, 0.717) is 22.2 Å². The van der Waals surface area contributed by atoms with Gasteiger partial charge in [-0.1, -0.05) is 26.0 Å². The summed E-state index contributed by atoms with van der Waals surface area (Å²) in [6.07, 6.45) is 1.72. The number of hydrogen-bond donors (Lipinski definition) is 1. The van der Waals surface area contributed by atoms with E-state index in [0.717, 1.165) is 24.0 Å². The van der Waals surface area contributed by atoms with Gasteiger partial charge < -0.3 is 14.5 Å². The fourth-order valence-electron chi connectivity index (χ4n) is 2.62. The molecule has 0 radical (unpaired) electrons. The van der Waals surface area contributed by atoms with Crippen molar-refractivity contribution in [2.24, 2.45) is 0 Å². The molecule has 23 heavy (non-hydrogen) atoms. The molecular weight excluding hydrogens is 294 g/mol. The van der Waals surface area contributed by atoms with Gasteiger partial charge in [0.25, 0.3) is 5.56 Å². The molecular formula is C18H21NO4. The molecule has 1 aromatic carbocycles. The molecule has 0 aliphatic rings. The Morgan fingerprint density at radius 1 is 1.26 bits per heavy atom. The van der Waals surface area contributed by atoms with Crippen molar-refractivity contribution in [2.45, 2.75) is 26.2 Å². The minimum absolute atomic E-state index is 0.0776. The van der Waals surface area contributed by atoms with Crippen LogP contribution in [-0.2, 0) is 16.0 Å². The number of nitrogens with one attached hydrogen (secondary N) is 1. The zero-order valence-corrected chi connectivity index (χ0v) is 13.7. The third kappa shape index (κ3) is 3.44. The first-order valence-electron chi connectivity index (χ1n) is 7.49. The molecule has 0 spiro atoms. The minimum Gasteiger partial charge on any atom is -0.497 e. The number of esters is 1. The van der Waals surface area contributed by atoms with Gasteiger partial charge in [0.1, 0.15) is 5.75 Å². The predicted molar refractivity (Wildman–Crippen MR) is 90.8 cm³/mol. The van der Waals surface area contributed by atoms with Gasteiger partial charge in [-0.15, -0.1) is 0 Å². The van der Waals surface area contributed by atoms with E-state index in [-0.39, 0.29) is 17.9 Å². The van der Waals surface area contributed by atoms with E-state index in [9.17, 15) is 9.59 Å². The number of aromatic amines is 1. The molecule has 0 bridgehead atoms. The molecule has 2 rings (SSSR count). The second-order valence-electron chi connectivity index (χ2n) is 5.33. The lowest BCUT2D eigenvalue weighted by Gasteiger charge is -2.14. The van der Waals surface area contributed by atoms with Crippen LogP contribution in [0, 0.1) is 0 Å². The van der Waals surface area contributed by atoms with Crippen molar-refractivity contribution in [1.29, 1.82) is 0 Å². The van der Waals surface area contributed by atoms with E-state index in [4.69, 9.17) is 9.47 Å². The van der Waals surface area contributed by atoms with Gasteiger partial charge in [-0.05, 0) is 35.1 Å². The van der Waals surface area contributed by atoms with Gasteiger partial charge in [0.2, 0.25) is 0 Å². The van der Waals surface area contributed by atoms with E-state index in [1.165, 1.54) is 7.11 Å². The van der Waals surface area contributed by atoms with Crippen LogP contribution in [0.3, 0.4) is 0 Å². The van der Waals surface area contributed by atoms with Crippen molar-refractivity contribution in [3.8, 4) is 5.75 Å². The Balaban J connectivity index is 2.74. The lowest BCUT2D eigenvalue weighted by Crippen LogP contribution is -2.16. The molecule has 0 atom stereocenters. The highest BCUT2D eigenvalue weighted by molar-refractivity contribution is 5.92. The maximum Gasteiger partial charge on any atom is 0.310 e. The number of pyridine rings is 1. The number of benzene rings is 1. The molecule has 122 valence electrons. The van der Waals surface area contributed by atoms with E-state index in [1.54, 1.807) is 25.3 Å². The number of hydrogen-bond acceptors (Lipinski definition) is 4. The van der Waals surface area contributed by atoms with Gasteiger partial charge in [-0.25, -0.2) is 0 Å². The second kappa shape index (κ2) is 7.13. The lowest BCUT2D eigenvalue weighted by atomic mass is 9.96. The molecule has 0 saturated carbocycles.